The zero-order valence-electron chi connectivity index (χ0n) is 11.9. The maximum absolute atomic E-state index is 9.77. The minimum absolute atomic E-state index is 0.00194. The number of nitrogens with one attached hydrogen (secondary N) is 1. The first-order chi connectivity index (χ1) is 9.13. The van der Waals surface area contributed by atoms with Gasteiger partial charge in [0.2, 0.25) is 0 Å². The summed E-state index contributed by atoms with van der Waals surface area (Å²) in [5, 5.41) is 13.0. The summed E-state index contributed by atoms with van der Waals surface area (Å²) in [6.07, 6.45) is 3.10. The van der Waals surface area contributed by atoms with Crippen LogP contribution in [0.2, 0.25) is 0 Å². The number of rotatable bonds is 9. The van der Waals surface area contributed by atoms with Gasteiger partial charge in [-0.2, -0.15) is 0 Å². The third-order valence-electron chi connectivity index (χ3n) is 2.81. The fourth-order valence-corrected chi connectivity index (χ4v) is 1.69. The van der Waals surface area contributed by atoms with Crippen molar-refractivity contribution in [3.63, 3.8) is 0 Å². The van der Waals surface area contributed by atoms with Gasteiger partial charge in [-0.1, -0.05) is 0 Å². The number of methoxy groups -OCH3 is 1. The molecule has 19 heavy (non-hydrogen) atoms. The van der Waals surface area contributed by atoms with E-state index in [1.807, 2.05) is 26.1 Å². The van der Waals surface area contributed by atoms with Crippen molar-refractivity contribution < 1.29 is 14.6 Å². The molecule has 1 heterocycles. The van der Waals surface area contributed by atoms with Gasteiger partial charge in [-0.15, -0.1) is 0 Å². The molecule has 1 aromatic heterocycles. The molecule has 1 rings (SSSR count). The fourth-order valence-electron chi connectivity index (χ4n) is 1.69. The SMILES string of the molecule is COCC(C)OCC(O)CNCc1ccncc1C. The zero-order valence-corrected chi connectivity index (χ0v) is 11.9. The summed E-state index contributed by atoms with van der Waals surface area (Å²) in [6.45, 7) is 6.02. The number of pyridine rings is 1. The standard InChI is InChI=1S/C14H24N2O3/c1-11-6-15-5-4-13(11)7-16-8-14(17)10-19-12(2)9-18-3/h4-6,12,14,16-17H,7-10H2,1-3H3. The molecule has 2 N–H and O–H groups in total. The van der Waals surface area contributed by atoms with E-state index in [-0.39, 0.29) is 6.10 Å². The molecule has 108 valence electrons. The van der Waals surface area contributed by atoms with Gasteiger partial charge in [0.1, 0.15) is 0 Å². The van der Waals surface area contributed by atoms with E-state index in [9.17, 15) is 5.11 Å². The van der Waals surface area contributed by atoms with E-state index in [0.29, 0.717) is 19.8 Å². The molecule has 5 heteroatoms. The first kappa shape index (κ1) is 16.0. The van der Waals surface area contributed by atoms with Crippen molar-refractivity contribution in [1.29, 1.82) is 0 Å². The maximum atomic E-state index is 9.77. The Bertz CT molecular complexity index is 360. The second kappa shape index (κ2) is 8.98. The molecule has 1 aromatic rings. The lowest BCUT2D eigenvalue weighted by Crippen LogP contribution is -2.32. The van der Waals surface area contributed by atoms with Gasteiger partial charge >= 0.3 is 0 Å². The highest BCUT2D eigenvalue weighted by Gasteiger charge is 2.08. The zero-order chi connectivity index (χ0) is 14.1. The van der Waals surface area contributed by atoms with Crippen LogP contribution < -0.4 is 5.32 Å². The number of hydrogen-bond donors (Lipinski definition) is 2. The van der Waals surface area contributed by atoms with Crippen molar-refractivity contribution in [1.82, 2.24) is 10.3 Å². The molecule has 0 bridgehead atoms. The van der Waals surface area contributed by atoms with Crippen LogP contribution in [-0.4, -0.2) is 49.2 Å². The predicted molar refractivity (Wildman–Crippen MR) is 74.0 cm³/mol. The Kier molecular flexibility index (Phi) is 7.59. The highest BCUT2D eigenvalue weighted by molar-refractivity contribution is 5.21. The number of aryl methyl sites for hydroxylation is 1. The normalized spacial score (nSPS) is 14.3. The maximum Gasteiger partial charge on any atom is 0.0897 e. The molecule has 5 nitrogen and oxygen atoms in total. The quantitative estimate of drug-likeness (QED) is 0.696. The minimum Gasteiger partial charge on any atom is -0.389 e. The lowest BCUT2D eigenvalue weighted by Gasteiger charge is -2.16. The van der Waals surface area contributed by atoms with Crippen LogP contribution in [0.15, 0.2) is 18.5 Å². The molecule has 0 aromatic carbocycles. The Balaban J connectivity index is 2.17. The van der Waals surface area contributed by atoms with Crippen LogP contribution in [0.1, 0.15) is 18.1 Å². The Morgan fingerprint density at radius 3 is 2.89 bits per heavy atom. The van der Waals surface area contributed by atoms with Gasteiger partial charge in [0.25, 0.3) is 0 Å². The molecule has 0 saturated carbocycles. The molecule has 0 aliphatic carbocycles. The van der Waals surface area contributed by atoms with E-state index in [2.05, 4.69) is 10.3 Å². The van der Waals surface area contributed by atoms with Crippen molar-refractivity contribution in [2.75, 3.05) is 26.9 Å². The van der Waals surface area contributed by atoms with Crippen LogP contribution in [0.25, 0.3) is 0 Å². The lowest BCUT2D eigenvalue weighted by atomic mass is 10.1. The van der Waals surface area contributed by atoms with Gasteiger partial charge in [-0.25, -0.2) is 0 Å². The van der Waals surface area contributed by atoms with E-state index >= 15 is 0 Å². The summed E-state index contributed by atoms with van der Waals surface area (Å²) in [5.74, 6) is 0. The number of aliphatic hydroxyl groups excluding tert-OH is 1. The lowest BCUT2D eigenvalue weighted by molar-refractivity contribution is -0.0311. The number of ether oxygens (including phenoxy) is 2. The number of hydrogen-bond acceptors (Lipinski definition) is 5. The first-order valence-electron chi connectivity index (χ1n) is 6.52. The molecule has 0 saturated heterocycles. The molecule has 0 fully saturated rings. The average Bonchev–Trinajstić information content (AvgIpc) is 2.39. The fraction of sp³-hybridized carbons (Fsp3) is 0.643. The largest absolute Gasteiger partial charge is 0.389 e. The number of aliphatic hydroxyl groups is 1. The number of aromatic nitrogens is 1. The van der Waals surface area contributed by atoms with Gasteiger partial charge < -0.3 is 19.9 Å². The van der Waals surface area contributed by atoms with Crippen LogP contribution in [-0.2, 0) is 16.0 Å². The summed E-state index contributed by atoms with van der Waals surface area (Å²) in [6, 6.07) is 1.98. The van der Waals surface area contributed by atoms with E-state index in [4.69, 9.17) is 9.47 Å². The molecule has 0 radical (unpaired) electrons. The molecule has 0 aliphatic heterocycles. The summed E-state index contributed by atoms with van der Waals surface area (Å²) in [4.78, 5) is 4.05. The molecule has 2 unspecified atom stereocenters. The highest BCUT2D eigenvalue weighted by Crippen LogP contribution is 2.04. The third-order valence-corrected chi connectivity index (χ3v) is 2.81. The molecular formula is C14H24N2O3. The summed E-state index contributed by atoms with van der Waals surface area (Å²) >= 11 is 0. The predicted octanol–water partition coefficient (Wildman–Crippen LogP) is 0.892. The summed E-state index contributed by atoms with van der Waals surface area (Å²) in [5.41, 5.74) is 2.34. The van der Waals surface area contributed by atoms with Crippen LogP contribution in [0.5, 0.6) is 0 Å². The first-order valence-corrected chi connectivity index (χ1v) is 6.52. The minimum atomic E-state index is -0.513. The van der Waals surface area contributed by atoms with Gasteiger partial charge in [-0.3, -0.25) is 4.98 Å². The smallest absolute Gasteiger partial charge is 0.0897 e. The third kappa shape index (κ3) is 6.63. The van der Waals surface area contributed by atoms with Gasteiger partial charge in [0, 0.05) is 32.6 Å². The molecular weight excluding hydrogens is 244 g/mol. The molecule has 0 amide bonds. The van der Waals surface area contributed by atoms with Crippen molar-refractivity contribution in [3.05, 3.63) is 29.6 Å². The summed E-state index contributed by atoms with van der Waals surface area (Å²) in [7, 11) is 1.63. The van der Waals surface area contributed by atoms with Crippen LogP contribution >= 0.6 is 0 Å². The van der Waals surface area contributed by atoms with Gasteiger partial charge in [0.05, 0.1) is 25.4 Å². The molecule has 0 spiro atoms. The number of nitrogens with zero attached hydrogens (tertiary/aromatic N) is 1. The summed E-state index contributed by atoms with van der Waals surface area (Å²) < 4.78 is 10.4. The van der Waals surface area contributed by atoms with Crippen LogP contribution in [0.3, 0.4) is 0 Å². The van der Waals surface area contributed by atoms with E-state index < -0.39 is 6.10 Å². The second-order valence-electron chi connectivity index (χ2n) is 4.69. The van der Waals surface area contributed by atoms with Crippen LogP contribution in [0, 0.1) is 6.92 Å². The van der Waals surface area contributed by atoms with Crippen molar-refractivity contribution in [2.24, 2.45) is 0 Å². The van der Waals surface area contributed by atoms with Crippen molar-refractivity contribution in [3.8, 4) is 0 Å². The highest BCUT2D eigenvalue weighted by atomic mass is 16.5. The molecule has 2 atom stereocenters. The Labute approximate surface area is 115 Å². The second-order valence-corrected chi connectivity index (χ2v) is 4.69. The van der Waals surface area contributed by atoms with E-state index in [1.54, 1.807) is 13.3 Å². The monoisotopic (exact) mass is 268 g/mol. The van der Waals surface area contributed by atoms with Crippen molar-refractivity contribution >= 4 is 0 Å². The topological polar surface area (TPSA) is 63.6 Å². The van der Waals surface area contributed by atoms with E-state index in [0.717, 1.165) is 12.1 Å². The van der Waals surface area contributed by atoms with E-state index in [1.165, 1.54) is 5.56 Å². The van der Waals surface area contributed by atoms with Crippen molar-refractivity contribution in [2.45, 2.75) is 32.6 Å². The van der Waals surface area contributed by atoms with Crippen LogP contribution in [0.4, 0.5) is 0 Å². The molecule has 0 aliphatic rings. The Hall–Kier alpha value is -1.01. The van der Waals surface area contributed by atoms with Gasteiger partial charge in [0.15, 0.2) is 0 Å². The van der Waals surface area contributed by atoms with Gasteiger partial charge in [-0.05, 0) is 31.0 Å². The Morgan fingerprint density at radius 2 is 2.21 bits per heavy atom. The Morgan fingerprint density at radius 1 is 1.42 bits per heavy atom. The average molecular weight is 268 g/mol.